The van der Waals surface area contributed by atoms with Crippen molar-refractivity contribution in [1.82, 2.24) is 0 Å². The standard InChI is InChI=1S/C29H31NO4/c1-28(2,3)26(31)33-25-18-24(21-16-11-13-19-12-7-8-14-20(19)21)30(27(32)34-29(4,5)6)23-17-10-9-15-22(23)25/h7-18,24H,1-6H3. The van der Waals surface area contributed by atoms with Crippen LogP contribution in [0, 0.1) is 5.41 Å². The molecule has 1 aliphatic heterocycles. The smallest absolute Gasteiger partial charge is 0.415 e. The van der Waals surface area contributed by atoms with Gasteiger partial charge in [-0.3, -0.25) is 9.69 Å². The van der Waals surface area contributed by atoms with Crippen LogP contribution in [-0.4, -0.2) is 17.7 Å². The Morgan fingerprint density at radius 3 is 2.18 bits per heavy atom. The molecule has 5 nitrogen and oxygen atoms in total. The van der Waals surface area contributed by atoms with Crippen molar-refractivity contribution in [3.05, 3.63) is 83.9 Å². The number of para-hydroxylation sites is 1. The van der Waals surface area contributed by atoms with E-state index >= 15 is 0 Å². The van der Waals surface area contributed by atoms with E-state index in [9.17, 15) is 9.59 Å². The highest BCUT2D eigenvalue weighted by atomic mass is 16.6. The molecule has 0 fully saturated rings. The number of rotatable bonds is 2. The number of ether oxygens (including phenoxy) is 2. The summed E-state index contributed by atoms with van der Waals surface area (Å²) in [4.78, 5) is 28.0. The molecule has 0 N–H and O–H groups in total. The van der Waals surface area contributed by atoms with Gasteiger partial charge in [0.2, 0.25) is 0 Å². The quantitative estimate of drug-likeness (QED) is 0.380. The van der Waals surface area contributed by atoms with E-state index in [1.54, 1.807) is 4.90 Å². The van der Waals surface area contributed by atoms with Crippen molar-refractivity contribution in [3.8, 4) is 0 Å². The van der Waals surface area contributed by atoms with E-state index < -0.39 is 23.2 Å². The Morgan fingerprint density at radius 1 is 0.824 bits per heavy atom. The number of amides is 1. The Morgan fingerprint density at radius 2 is 1.47 bits per heavy atom. The Bertz CT molecular complexity index is 1270. The predicted octanol–water partition coefficient (Wildman–Crippen LogP) is 7.27. The van der Waals surface area contributed by atoms with Gasteiger partial charge in [0.05, 0.1) is 17.1 Å². The molecule has 0 saturated heterocycles. The molecule has 0 spiro atoms. The van der Waals surface area contributed by atoms with Crippen LogP contribution in [-0.2, 0) is 14.3 Å². The first kappa shape index (κ1) is 23.6. The summed E-state index contributed by atoms with van der Waals surface area (Å²) in [5.41, 5.74) is 0.879. The summed E-state index contributed by atoms with van der Waals surface area (Å²) in [7, 11) is 0. The van der Waals surface area contributed by atoms with Crippen LogP contribution in [0.1, 0.15) is 58.7 Å². The molecule has 0 radical (unpaired) electrons. The molecule has 3 aromatic rings. The van der Waals surface area contributed by atoms with Gasteiger partial charge in [0.1, 0.15) is 11.4 Å². The second kappa shape index (κ2) is 8.64. The molecule has 0 saturated carbocycles. The Balaban J connectivity index is 1.93. The predicted molar refractivity (Wildman–Crippen MR) is 135 cm³/mol. The minimum Gasteiger partial charge on any atom is -0.443 e. The molecule has 176 valence electrons. The number of carbonyl (C=O) groups is 2. The molecule has 4 rings (SSSR count). The van der Waals surface area contributed by atoms with Crippen LogP contribution in [0.3, 0.4) is 0 Å². The van der Waals surface area contributed by atoms with Crippen LogP contribution in [0.4, 0.5) is 10.5 Å². The normalized spacial score (nSPS) is 16.0. The zero-order valence-corrected chi connectivity index (χ0v) is 20.6. The average Bonchev–Trinajstić information content (AvgIpc) is 2.76. The first-order valence-corrected chi connectivity index (χ1v) is 11.5. The molecule has 0 aliphatic carbocycles. The fraction of sp³-hybridized carbons (Fsp3) is 0.310. The van der Waals surface area contributed by atoms with Gasteiger partial charge in [-0.05, 0) is 76.1 Å². The summed E-state index contributed by atoms with van der Waals surface area (Å²) in [5, 5.41) is 2.07. The maximum absolute atomic E-state index is 13.6. The van der Waals surface area contributed by atoms with Crippen molar-refractivity contribution < 1.29 is 19.1 Å². The third-order valence-corrected chi connectivity index (χ3v) is 5.56. The van der Waals surface area contributed by atoms with Gasteiger partial charge < -0.3 is 9.47 Å². The van der Waals surface area contributed by atoms with Crippen LogP contribution in [0.15, 0.2) is 72.8 Å². The van der Waals surface area contributed by atoms with E-state index in [0.29, 0.717) is 17.0 Å². The summed E-state index contributed by atoms with van der Waals surface area (Å²) in [6.07, 6.45) is 1.38. The molecule has 1 atom stereocenters. The second-order valence-corrected chi connectivity index (χ2v) is 10.6. The monoisotopic (exact) mass is 457 g/mol. The van der Waals surface area contributed by atoms with E-state index in [4.69, 9.17) is 9.47 Å². The lowest BCUT2D eigenvalue weighted by atomic mass is 9.92. The third kappa shape index (κ3) is 4.69. The lowest BCUT2D eigenvalue weighted by Crippen LogP contribution is -2.41. The maximum Gasteiger partial charge on any atom is 0.415 e. The van der Waals surface area contributed by atoms with Gasteiger partial charge in [-0.2, -0.15) is 0 Å². The fourth-order valence-electron chi connectivity index (χ4n) is 3.95. The van der Waals surface area contributed by atoms with E-state index in [1.165, 1.54) is 0 Å². The van der Waals surface area contributed by atoms with Gasteiger partial charge in [0.25, 0.3) is 0 Å². The van der Waals surface area contributed by atoms with Crippen molar-refractivity contribution in [1.29, 1.82) is 0 Å². The van der Waals surface area contributed by atoms with E-state index in [-0.39, 0.29) is 5.97 Å². The fourth-order valence-corrected chi connectivity index (χ4v) is 3.95. The Labute approximate surface area is 201 Å². The highest BCUT2D eigenvalue weighted by Crippen LogP contribution is 2.43. The molecule has 34 heavy (non-hydrogen) atoms. The van der Waals surface area contributed by atoms with Gasteiger partial charge in [-0.25, -0.2) is 4.79 Å². The Kier molecular flexibility index (Phi) is 5.98. The molecular formula is C29H31NO4. The first-order valence-electron chi connectivity index (χ1n) is 11.5. The van der Waals surface area contributed by atoms with Gasteiger partial charge in [-0.15, -0.1) is 0 Å². The maximum atomic E-state index is 13.6. The number of carbonyl (C=O) groups excluding carboxylic acids is 2. The number of benzene rings is 3. The van der Waals surface area contributed by atoms with E-state index in [2.05, 4.69) is 0 Å². The van der Waals surface area contributed by atoms with Crippen LogP contribution in [0.5, 0.6) is 0 Å². The molecule has 0 bridgehead atoms. The van der Waals surface area contributed by atoms with Crippen molar-refractivity contribution in [2.24, 2.45) is 5.41 Å². The number of hydrogen-bond acceptors (Lipinski definition) is 4. The summed E-state index contributed by atoms with van der Waals surface area (Å²) >= 11 is 0. The summed E-state index contributed by atoms with van der Waals surface area (Å²) in [6.45, 7) is 11.0. The molecule has 5 heteroatoms. The number of nitrogens with zero attached hydrogens (tertiary/aromatic N) is 1. The highest BCUT2D eigenvalue weighted by Gasteiger charge is 2.37. The van der Waals surface area contributed by atoms with Gasteiger partial charge in [0, 0.05) is 5.56 Å². The van der Waals surface area contributed by atoms with Crippen molar-refractivity contribution in [2.45, 2.75) is 53.2 Å². The van der Waals surface area contributed by atoms with Gasteiger partial charge in [-0.1, -0.05) is 54.6 Å². The first-order chi connectivity index (χ1) is 16.0. The molecule has 1 amide bonds. The summed E-state index contributed by atoms with van der Waals surface area (Å²) in [5.74, 6) is 0.101. The van der Waals surface area contributed by atoms with Crippen molar-refractivity contribution >= 4 is 34.3 Å². The minimum atomic E-state index is -0.674. The molecular weight excluding hydrogens is 426 g/mol. The van der Waals surface area contributed by atoms with Crippen LogP contribution in [0.2, 0.25) is 0 Å². The minimum absolute atomic E-state index is 0.337. The average molecular weight is 458 g/mol. The number of esters is 1. The summed E-state index contributed by atoms with van der Waals surface area (Å²) in [6, 6.07) is 21.0. The topological polar surface area (TPSA) is 55.8 Å². The highest BCUT2D eigenvalue weighted by molar-refractivity contribution is 5.98. The molecule has 1 unspecified atom stereocenters. The number of fused-ring (bicyclic) bond motifs is 2. The van der Waals surface area contributed by atoms with Crippen LogP contribution < -0.4 is 4.90 Å². The van der Waals surface area contributed by atoms with E-state index in [1.807, 2.05) is 114 Å². The van der Waals surface area contributed by atoms with Gasteiger partial charge in [0.15, 0.2) is 0 Å². The largest absolute Gasteiger partial charge is 0.443 e. The Hall–Kier alpha value is -3.60. The number of anilines is 1. The van der Waals surface area contributed by atoms with Gasteiger partial charge >= 0.3 is 12.1 Å². The van der Waals surface area contributed by atoms with Crippen LogP contribution in [0.25, 0.3) is 16.5 Å². The van der Waals surface area contributed by atoms with Crippen molar-refractivity contribution in [2.75, 3.05) is 4.90 Å². The van der Waals surface area contributed by atoms with E-state index in [0.717, 1.165) is 16.3 Å². The number of hydrogen-bond donors (Lipinski definition) is 0. The molecule has 1 heterocycles. The third-order valence-electron chi connectivity index (χ3n) is 5.56. The zero-order valence-electron chi connectivity index (χ0n) is 20.6. The molecule has 1 aliphatic rings. The molecule has 3 aromatic carbocycles. The SMILES string of the molecule is CC(C)(C)OC(=O)N1c2ccccc2C(OC(=O)C(C)(C)C)=CC1c1cccc2ccccc12. The lowest BCUT2D eigenvalue weighted by molar-refractivity contribution is -0.145. The second-order valence-electron chi connectivity index (χ2n) is 10.6. The molecule has 0 aromatic heterocycles. The van der Waals surface area contributed by atoms with Crippen LogP contribution >= 0.6 is 0 Å². The summed E-state index contributed by atoms with van der Waals surface area (Å²) < 4.78 is 11.7. The zero-order chi connectivity index (χ0) is 24.7. The van der Waals surface area contributed by atoms with Crippen molar-refractivity contribution in [3.63, 3.8) is 0 Å². The lowest BCUT2D eigenvalue weighted by Gasteiger charge is -2.37.